The maximum atomic E-state index is 13.3. The number of aryl methyl sites for hydroxylation is 1. The van der Waals surface area contributed by atoms with Crippen LogP contribution in [0.15, 0.2) is 12.4 Å². The van der Waals surface area contributed by atoms with Gasteiger partial charge in [-0.1, -0.05) is 6.92 Å². The van der Waals surface area contributed by atoms with Gasteiger partial charge >= 0.3 is 0 Å². The molecule has 0 atom stereocenters. The van der Waals surface area contributed by atoms with Crippen LogP contribution in [0.1, 0.15) is 56.3 Å². The van der Waals surface area contributed by atoms with Crippen LogP contribution in [0.2, 0.25) is 0 Å². The van der Waals surface area contributed by atoms with E-state index >= 15 is 0 Å². The van der Waals surface area contributed by atoms with E-state index in [1.807, 2.05) is 18.5 Å². The Hall–Kier alpha value is -2.24. The molecule has 2 aromatic rings. The Morgan fingerprint density at radius 1 is 1.12 bits per heavy atom. The largest absolute Gasteiger partial charge is 0.381 e. The molecule has 1 amide bonds. The van der Waals surface area contributed by atoms with Crippen LogP contribution in [0.25, 0.3) is 11.0 Å². The topological polar surface area (TPSA) is 118 Å². The van der Waals surface area contributed by atoms with Gasteiger partial charge in [-0.3, -0.25) is 4.79 Å². The molecule has 0 saturated carbocycles. The minimum Gasteiger partial charge on any atom is -0.381 e. The molecule has 0 aliphatic carbocycles. The molecule has 33 heavy (non-hydrogen) atoms. The molecule has 0 radical (unpaired) electrons. The summed E-state index contributed by atoms with van der Waals surface area (Å²) in [5.74, 6) is -0.0272. The van der Waals surface area contributed by atoms with Crippen molar-refractivity contribution in [2.75, 3.05) is 37.4 Å². The average Bonchev–Trinajstić information content (AvgIpc) is 3.24. The number of ether oxygens (including phenoxy) is 1. The molecule has 4 rings (SSSR count). The van der Waals surface area contributed by atoms with Crippen LogP contribution in [0.5, 0.6) is 0 Å². The van der Waals surface area contributed by atoms with E-state index in [-0.39, 0.29) is 23.7 Å². The van der Waals surface area contributed by atoms with Gasteiger partial charge in [0.25, 0.3) is 5.91 Å². The van der Waals surface area contributed by atoms with Crippen molar-refractivity contribution >= 4 is 32.7 Å². The molecule has 182 valence electrons. The molecule has 10 nitrogen and oxygen atoms in total. The predicted molar refractivity (Wildman–Crippen MR) is 127 cm³/mol. The van der Waals surface area contributed by atoms with E-state index in [1.165, 1.54) is 0 Å². The minimum atomic E-state index is -3.20. The summed E-state index contributed by atoms with van der Waals surface area (Å²) >= 11 is 0. The summed E-state index contributed by atoms with van der Waals surface area (Å²) in [4.78, 5) is 17.8. The molecule has 2 fully saturated rings. The van der Waals surface area contributed by atoms with Crippen LogP contribution in [0, 0.1) is 0 Å². The summed E-state index contributed by atoms with van der Waals surface area (Å²) in [5, 5.41) is 11.9. The Balaban J connectivity index is 1.51. The van der Waals surface area contributed by atoms with E-state index < -0.39 is 10.0 Å². The Morgan fingerprint density at radius 3 is 2.52 bits per heavy atom. The molecule has 0 aromatic carbocycles. The lowest BCUT2D eigenvalue weighted by molar-refractivity contribution is 0.0902. The van der Waals surface area contributed by atoms with E-state index in [0.717, 1.165) is 29.6 Å². The molecule has 0 unspecified atom stereocenters. The highest BCUT2D eigenvalue weighted by molar-refractivity contribution is 7.89. The fraction of sp³-hybridized carbons (Fsp3) is 0.682. The first kappa shape index (κ1) is 23.9. The van der Waals surface area contributed by atoms with Gasteiger partial charge in [0.05, 0.1) is 28.6 Å². The zero-order valence-electron chi connectivity index (χ0n) is 19.4. The normalized spacial score (nSPS) is 19.1. The van der Waals surface area contributed by atoms with Crippen LogP contribution in [0.4, 0.5) is 5.69 Å². The molecule has 2 aliphatic heterocycles. The van der Waals surface area contributed by atoms with E-state index in [1.54, 1.807) is 16.7 Å². The number of amides is 1. The molecule has 0 bridgehead atoms. The first-order valence-electron chi connectivity index (χ1n) is 11.9. The lowest BCUT2D eigenvalue weighted by Crippen LogP contribution is -2.47. The highest BCUT2D eigenvalue weighted by Gasteiger charge is 2.29. The van der Waals surface area contributed by atoms with E-state index in [0.29, 0.717) is 57.7 Å². The third-order valence-electron chi connectivity index (χ3n) is 6.42. The smallest absolute Gasteiger partial charge is 0.255 e. The fourth-order valence-corrected chi connectivity index (χ4v) is 6.10. The summed E-state index contributed by atoms with van der Waals surface area (Å²) in [6, 6.07) is 0.142. The number of sulfonamides is 1. The van der Waals surface area contributed by atoms with Crippen molar-refractivity contribution in [1.82, 2.24) is 24.4 Å². The van der Waals surface area contributed by atoms with Gasteiger partial charge in [-0.05, 0) is 39.0 Å². The summed E-state index contributed by atoms with van der Waals surface area (Å²) in [6.07, 6.45) is 6.93. The van der Waals surface area contributed by atoms with Gasteiger partial charge in [-0.25, -0.2) is 22.4 Å². The van der Waals surface area contributed by atoms with Crippen LogP contribution in [-0.2, 0) is 21.3 Å². The molecule has 4 heterocycles. The second-order valence-electron chi connectivity index (χ2n) is 8.74. The first-order chi connectivity index (χ1) is 15.9. The zero-order chi connectivity index (χ0) is 23.4. The Labute approximate surface area is 195 Å². The van der Waals surface area contributed by atoms with Crippen LogP contribution < -0.4 is 10.6 Å². The molecular weight excluding hydrogens is 444 g/mol. The van der Waals surface area contributed by atoms with Crippen LogP contribution >= 0.6 is 0 Å². The zero-order valence-corrected chi connectivity index (χ0v) is 20.2. The fourth-order valence-electron chi connectivity index (χ4n) is 4.56. The number of aromatic nitrogens is 3. The molecule has 11 heteroatoms. The number of hydrogen-bond acceptors (Lipinski definition) is 7. The summed E-state index contributed by atoms with van der Waals surface area (Å²) in [7, 11) is -3.20. The van der Waals surface area contributed by atoms with Gasteiger partial charge in [-0.2, -0.15) is 5.10 Å². The second kappa shape index (κ2) is 10.4. The predicted octanol–water partition coefficient (Wildman–Crippen LogP) is 1.98. The van der Waals surface area contributed by atoms with Crippen molar-refractivity contribution < 1.29 is 17.9 Å². The highest BCUT2D eigenvalue weighted by atomic mass is 32.2. The average molecular weight is 479 g/mol. The van der Waals surface area contributed by atoms with Crippen LogP contribution in [0.3, 0.4) is 0 Å². The molecule has 2 saturated heterocycles. The molecular formula is C22H34N6O4S. The Kier molecular flexibility index (Phi) is 7.50. The number of carbonyl (C=O) groups excluding carboxylic acids is 1. The number of hydrogen-bond donors (Lipinski definition) is 2. The van der Waals surface area contributed by atoms with Crippen molar-refractivity contribution in [3.8, 4) is 0 Å². The summed E-state index contributed by atoms with van der Waals surface area (Å²) in [5.41, 5.74) is 2.00. The number of nitrogens with zero attached hydrogens (tertiary/aromatic N) is 4. The van der Waals surface area contributed by atoms with Gasteiger partial charge in [0.15, 0.2) is 5.65 Å². The maximum Gasteiger partial charge on any atom is 0.255 e. The number of nitrogens with one attached hydrogen (secondary N) is 2. The van der Waals surface area contributed by atoms with Gasteiger partial charge in [0.1, 0.15) is 0 Å². The standard InChI is InChI=1S/C22H34N6O4S/c1-3-13-33(30,31)27-9-5-16(6-10-27)26-22(29)19-14-23-21-18(15-24-28(21)4-2)20(19)25-17-7-11-32-12-8-17/h14-17H,3-13H2,1-2H3,(H,23,25)(H,26,29). The number of fused-ring (bicyclic) bond motifs is 1. The van der Waals surface area contributed by atoms with Gasteiger partial charge in [-0.15, -0.1) is 0 Å². The minimum absolute atomic E-state index is 0.0735. The van der Waals surface area contributed by atoms with E-state index in [4.69, 9.17) is 4.74 Å². The van der Waals surface area contributed by atoms with Crippen molar-refractivity contribution in [1.29, 1.82) is 0 Å². The monoisotopic (exact) mass is 478 g/mol. The van der Waals surface area contributed by atoms with Crippen molar-refractivity contribution in [3.05, 3.63) is 18.0 Å². The first-order valence-corrected chi connectivity index (χ1v) is 13.5. The molecule has 2 aromatic heterocycles. The number of rotatable bonds is 8. The van der Waals surface area contributed by atoms with Gasteiger partial charge < -0.3 is 15.4 Å². The molecule has 2 aliphatic rings. The summed E-state index contributed by atoms with van der Waals surface area (Å²) in [6.45, 7) is 6.82. The van der Waals surface area contributed by atoms with Crippen molar-refractivity contribution in [3.63, 3.8) is 0 Å². The number of piperidine rings is 1. The third kappa shape index (κ3) is 5.30. The van der Waals surface area contributed by atoms with Crippen LogP contribution in [-0.4, -0.2) is 77.5 Å². The number of pyridine rings is 1. The third-order valence-corrected chi connectivity index (χ3v) is 8.50. The summed E-state index contributed by atoms with van der Waals surface area (Å²) < 4.78 is 33.5. The number of carbonyl (C=O) groups is 1. The number of anilines is 1. The maximum absolute atomic E-state index is 13.3. The quantitative estimate of drug-likeness (QED) is 0.595. The van der Waals surface area contributed by atoms with Gasteiger partial charge in [0.2, 0.25) is 10.0 Å². The lowest BCUT2D eigenvalue weighted by Gasteiger charge is -2.32. The Bertz CT molecular complexity index is 1070. The molecule has 0 spiro atoms. The molecule has 2 N–H and O–H groups in total. The van der Waals surface area contributed by atoms with E-state index in [2.05, 4.69) is 20.7 Å². The lowest BCUT2D eigenvalue weighted by atomic mass is 10.0. The Morgan fingerprint density at radius 2 is 1.85 bits per heavy atom. The highest BCUT2D eigenvalue weighted by Crippen LogP contribution is 2.29. The van der Waals surface area contributed by atoms with E-state index in [9.17, 15) is 13.2 Å². The van der Waals surface area contributed by atoms with Crippen molar-refractivity contribution in [2.45, 2.75) is 64.6 Å². The second-order valence-corrected chi connectivity index (χ2v) is 10.8. The van der Waals surface area contributed by atoms with Gasteiger partial charge in [0, 0.05) is 51.1 Å². The SMILES string of the molecule is CCCS(=O)(=O)N1CCC(NC(=O)c2cnc3c(cnn3CC)c2NC2CCOCC2)CC1. The van der Waals surface area contributed by atoms with Crippen molar-refractivity contribution in [2.24, 2.45) is 0 Å².